The minimum absolute atomic E-state index is 0. The van der Waals surface area contributed by atoms with Crippen molar-refractivity contribution in [1.29, 1.82) is 0 Å². The van der Waals surface area contributed by atoms with Gasteiger partial charge in [0.25, 0.3) is 0 Å². The molecule has 26 heavy (non-hydrogen) atoms. The van der Waals surface area contributed by atoms with Crippen molar-refractivity contribution in [2.24, 2.45) is 10.8 Å². The summed E-state index contributed by atoms with van der Waals surface area (Å²) in [6, 6.07) is 0. The van der Waals surface area contributed by atoms with Crippen molar-refractivity contribution in [3.05, 3.63) is 46.6 Å². The van der Waals surface area contributed by atoms with Gasteiger partial charge in [-0.15, -0.1) is 12.8 Å². The molecule has 0 N–H and O–H groups in total. The van der Waals surface area contributed by atoms with Crippen molar-refractivity contribution in [3.63, 3.8) is 0 Å². The molecule has 0 unspecified atom stereocenters. The average molecular weight is 491 g/mol. The zero-order chi connectivity index (χ0) is 19.1. The Morgan fingerprint density at radius 1 is 0.769 bits per heavy atom. The van der Waals surface area contributed by atoms with Gasteiger partial charge in [0.1, 0.15) is 0 Å². The first kappa shape index (κ1) is 31.3. The topological polar surface area (TPSA) is 0 Å². The van der Waals surface area contributed by atoms with Crippen LogP contribution in [-0.4, -0.2) is 5.43 Å². The standard InChI is InChI=1S/2C10H15.C2H6Si.2ClH.Zr/c2*1-8-5-6-9(7-8)10(2,3)4;1-3-2;;;/h2*7H,5H2,1-4H3;1-2H3;2*1H;/q2*-1;;;;+2/p-2. The van der Waals surface area contributed by atoms with Crippen molar-refractivity contribution >= 4 is 5.43 Å². The van der Waals surface area contributed by atoms with Gasteiger partial charge < -0.3 is 24.8 Å². The second-order valence-electron chi connectivity index (χ2n) is 9.02. The molecular weight excluding hydrogens is 454 g/mol. The van der Waals surface area contributed by atoms with Gasteiger partial charge in [0.15, 0.2) is 0 Å². The third kappa shape index (κ3) is 14.7. The molecule has 0 nitrogen and oxygen atoms in total. The summed E-state index contributed by atoms with van der Waals surface area (Å²) in [5, 5.41) is 0. The van der Waals surface area contributed by atoms with E-state index in [1.807, 2.05) is 0 Å². The van der Waals surface area contributed by atoms with Gasteiger partial charge in [-0.1, -0.05) is 55.4 Å². The zero-order valence-electron chi connectivity index (χ0n) is 18.3. The zero-order valence-corrected chi connectivity index (χ0v) is 23.3. The molecule has 0 aromatic rings. The van der Waals surface area contributed by atoms with Crippen LogP contribution in [0.4, 0.5) is 0 Å². The first-order valence-corrected chi connectivity index (χ1v) is 15.0. The van der Waals surface area contributed by atoms with E-state index in [1.165, 1.54) is 22.3 Å². The molecule has 0 amide bonds. The minimum Gasteiger partial charge on any atom is -1.00 e. The molecule has 0 aliphatic heterocycles. The Morgan fingerprint density at radius 2 is 1.00 bits per heavy atom. The first-order valence-electron chi connectivity index (χ1n) is 8.82. The van der Waals surface area contributed by atoms with Crippen molar-refractivity contribution in [2.75, 3.05) is 0 Å². The maximum atomic E-state index is 3.37. The van der Waals surface area contributed by atoms with Crippen molar-refractivity contribution in [3.8, 4) is 0 Å². The molecule has 0 heterocycles. The van der Waals surface area contributed by atoms with E-state index < -0.39 is 0 Å². The van der Waals surface area contributed by atoms with Crippen LogP contribution < -0.4 is 24.8 Å². The molecule has 0 aromatic carbocycles. The quantitative estimate of drug-likeness (QED) is 0.351. The molecule has 0 saturated carbocycles. The van der Waals surface area contributed by atoms with E-state index in [4.69, 9.17) is 0 Å². The molecule has 2 aliphatic carbocycles. The molecule has 0 bridgehead atoms. The maximum Gasteiger partial charge on any atom is -1.00 e. The number of hydrogen-bond donors (Lipinski definition) is 0. The molecule has 0 aromatic heterocycles. The Hall–Kier alpha value is 0.640. The number of halogens is 2. The Balaban J connectivity index is -0.000000319. The first-order chi connectivity index (χ1) is 10.7. The molecule has 148 valence electrons. The predicted molar refractivity (Wildman–Crippen MR) is 107 cm³/mol. The molecule has 0 saturated heterocycles. The summed E-state index contributed by atoms with van der Waals surface area (Å²) in [6.07, 6.45) is 13.3. The summed E-state index contributed by atoms with van der Waals surface area (Å²) in [4.78, 5) is 0. The molecule has 0 spiro atoms. The summed E-state index contributed by atoms with van der Waals surface area (Å²) >= 11 is 1.74. The van der Waals surface area contributed by atoms with E-state index in [2.05, 4.69) is 92.8 Å². The maximum absolute atomic E-state index is 3.37. The molecule has 0 atom stereocenters. The fourth-order valence-electron chi connectivity index (χ4n) is 2.13. The summed E-state index contributed by atoms with van der Waals surface area (Å²) in [6.45, 7) is 22.3. The van der Waals surface area contributed by atoms with Crippen LogP contribution in [0.1, 0.15) is 68.2 Å². The monoisotopic (exact) mass is 488 g/mol. The van der Waals surface area contributed by atoms with Gasteiger partial charge in [0, 0.05) is 0 Å². The van der Waals surface area contributed by atoms with E-state index in [-0.39, 0.29) is 41.1 Å². The van der Waals surface area contributed by atoms with E-state index in [0.717, 1.165) is 12.8 Å². The fourth-order valence-corrected chi connectivity index (χ4v) is 2.13. The van der Waals surface area contributed by atoms with E-state index in [1.54, 1.807) is 23.3 Å². The number of allylic oxidation sites excluding steroid dienone is 8. The third-order valence-electron chi connectivity index (χ3n) is 3.51. The van der Waals surface area contributed by atoms with Crippen LogP contribution in [0.3, 0.4) is 0 Å². The third-order valence-corrected chi connectivity index (χ3v) is 3.51. The Labute approximate surface area is 191 Å². The molecule has 2 rings (SSSR count). The largest absolute Gasteiger partial charge is 1.00 e. The molecule has 4 heteroatoms. The van der Waals surface area contributed by atoms with Crippen LogP contribution >= 0.6 is 0 Å². The molecule has 2 aliphatic rings. The van der Waals surface area contributed by atoms with Gasteiger partial charge in [-0.05, 0) is 10.8 Å². The number of hydrogen-bond acceptors (Lipinski definition) is 0. The summed E-state index contributed by atoms with van der Waals surface area (Å²) in [7, 11) is 0. The Bertz CT molecular complexity index is 518. The molecule has 0 fully saturated rings. The van der Waals surface area contributed by atoms with Gasteiger partial charge in [-0.2, -0.15) is 11.1 Å². The Kier molecular flexibility index (Phi) is 16.6. The second kappa shape index (κ2) is 13.8. The molecular formula is C22H36Cl2SiZr-2. The van der Waals surface area contributed by atoms with Gasteiger partial charge in [0.05, 0.1) is 0 Å². The summed E-state index contributed by atoms with van der Waals surface area (Å²) < 4.78 is 0. The van der Waals surface area contributed by atoms with Gasteiger partial charge in [-0.25, -0.2) is 23.3 Å². The second-order valence-corrected chi connectivity index (χ2v) is 18.4. The van der Waals surface area contributed by atoms with Gasteiger partial charge in [-0.3, -0.25) is 12.2 Å². The van der Waals surface area contributed by atoms with E-state index in [9.17, 15) is 0 Å². The van der Waals surface area contributed by atoms with Crippen LogP contribution in [0.25, 0.3) is 0 Å². The van der Waals surface area contributed by atoms with E-state index >= 15 is 0 Å². The van der Waals surface area contributed by atoms with Crippen LogP contribution in [0.2, 0.25) is 13.1 Å². The Morgan fingerprint density at radius 3 is 1.08 bits per heavy atom. The van der Waals surface area contributed by atoms with Crippen LogP contribution in [-0.2, 0) is 23.3 Å². The normalized spacial score (nSPS) is 15.5. The smallest absolute Gasteiger partial charge is 1.00 e. The minimum atomic E-state index is 0. The summed E-state index contributed by atoms with van der Waals surface area (Å²) in [5.74, 6) is 0. The average Bonchev–Trinajstić information content (AvgIpc) is 2.96. The van der Waals surface area contributed by atoms with Crippen molar-refractivity contribution < 1.29 is 48.1 Å². The van der Waals surface area contributed by atoms with Crippen LogP contribution in [0.5, 0.6) is 0 Å². The van der Waals surface area contributed by atoms with Crippen molar-refractivity contribution in [2.45, 2.75) is 81.3 Å². The fraction of sp³-hybridized carbons (Fsp3) is 0.636. The summed E-state index contributed by atoms with van der Waals surface area (Å²) in [5.41, 5.74) is 6.39. The number of rotatable bonds is 0. The van der Waals surface area contributed by atoms with Gasteiger partial charge >= 0.3 is 41.9 Å². The predicted octanol–water partition coefficient (Wildman–Crippen LogP) is 1.02. The van der Waals surface area contributed by atoms with Crippen LogP contribution in [0, 0.1) is 23.0 Å². The van der Waals surface area contributed by atoms with E-state index in [0.29, 0.717) is 0 Å². The molecule has 0 radical (unpaired) electrons. The van der Waals surface area contributed by atoms with Gasteiger partial charge in [0.2, 0.25) is 0 Å². The van der Waals surface area contributed by atoms with Crippen LogP contribution in [0.15, 0.2) is 34.4 Å². The van der Waals surface area contributed by atoms with Crippen molar-refractivity contribution in [1.82, 2.24) is 0 Å². The SMILES string of the molecule is CC1=CC(C(C)(C)C)=[C-]C1.CC1=CC(C(C)(C)C)=[C-]C1.C[Si](C)=[Zr+2].[Cl-].[Cl-].